The molecule has 0 saturated carbocycles. The monoisotopic (exact) mass is 326 g/mol. The van der Waals surface area contributed by atoms with E-state index in [4.69, 9.17) is 27.5 Å². The minimum atomic E-state index is -2.27. The van der Waals surface area contributed by atoms with E-state index in [1.54, 1.807) is 0 Å². The van der Waals surface area contributed by atoms with Gasteiger partial charge in [0.25, 0.3) is 0 Å². The van der Waals surface area contributed by atoms with Crippen molar-refractivity contribution in [3.05, 3.63) is 29.3 Å². The third kappa shape index (κ3) is 4.20. The van der Waals surface area contributed by atoms with Gasteiger partial charge in [-0.05, 0) is 34.9 Å². The predicted molar refractivity (Wildman–Crippen MR) is 84.2 cm³/mol. The Morgan fingerprint density at radius 3 is 2.13 bits per heavy atom. The van der Waals surface area contributed by atoms with Crippen molar-refractivity contribution in [2.45, 2.75) is 50.7 Å². The molecule has 128 valence electrons. The van der Waals surface area contributed by atoms with Crippen LogP contribution in [-0.4, -0.2) is 44.6 Å². The number of aliphatic hydroxyl groups is 2. The van der Waals surface area contributed by atoms with Crippen LogP contribution in [0.15, 0.2) is 18.2 Å². The number of benzene rings is 1. The van der Waals surface area contributed by atoms with Gasteiger partial charge in [-0.1, -0.05) is 32.9 Å². The number of nitrogen functional groups attached to an aromatic ring is 1. The van der Waals surface area contributed by atoms with Crippen molar-refractivity contribution in [2.24, 2.45) is 0 Å². The quantitative estimate of drug-likeness (QED) is 0.520. The standard InChI is InChI=1S/C12H17N.C4H6O6/c1-8-7-12(2,3)9-5-4-6-10(13)11(8)9;5-1(3(7)8)2(6)4(9)10/h4-6,8H,7,13H2,1-3H3;1-2,5-6H,(H,7,8)(H,9,10)/i7D;/t7-,8?;/m1./s1. The van der Waals surface area contributed by atoms with Crippen molar-refractivity contribution in [1.82, 2.24) is 0 Å². The first-order valence-electron chi connectivity index (χ1n) is 7.63. The lowest BCUT2D eigenvalue weighted by atomic mass is 9.86. The van der Waals surface area contributed by atoms with Crippen molar-refractivity contribution in [1.29, 1.82) is 0 Å². The molecule has 0 aromatic heterocycles. The summed E-state index contributed by atoms with van der Waals surface area (Å²) < 4.78 is 8.17. The molecule has 23 heavy (non-hydrogen) atoms. The highest BCUT2D eigenvalue weighted by atomic mass is 16.4. The molecule has 1 aliphatic rings. The van der Waals surface area contributed by atoms with E-state index in [2.05, 4.69) is 26.8 Å². The van der Waals surface area contributed by atoms with Crippen LogP contribution in [0.25, 0.3) is 0 Å². The minimum Gasteiger partial charge on any atom is -0.479 e. The molecule has 7 heteroatoms. The van der Waals surface area contributed by atoms with Gasteiger partial charge in [-0.25, -0.2) is 9.59 Å². The summed E-state index contributed by atoms with van der Waals surface area (Å²) in [5.41, 5.74) is 9.19. The number of hydrogen-bond acceptors (Lipinski definition) is 5. The molecular weight excluding hydrogens is 302 g/mol. The number of carboxylic acids is 2. The summed E-state index contributed by atoms with van der Waals surface area (Å²) in [7, 11) is 0. The number of carboxylic acid groups (broad SMARTS) is 2. The fraction of sp³-hybridized carbons (Fsp3) is 0.500. The molecule has 2 rings (SSSR count). The zero-order valence-corrected chi connectivity index (χ0v) is 13.2. The zero-order chi connectivity index (χ0) is 18.8. The maximum atomic E-state index is 9.77. The zero-order valence-electron chi connectivity index (χ0n) is 14.2. The van der Waals surface area contributed by atoms with Gasteiger partial charge in [-0.2, -0.15) is 0 Å². The second kappa shape index (κ2) is 6.97. The molecule has 0 aliphatic heterocycles. The highest BCUT2D eigenvalue weighted by Gasteiger charge is 2.35. The summed E-state index contributed by atoms with van der Waals surface area (Å²) in [5, 5.41) is 32.5. The lowest BCUT2D eigenvalue weighted by molar-refractivity contribution is -0.165. The summed E-state index contributed by atoms with van der Waals surface area (Å²) in [5.74, 6) is -3.29. The first-order valence-corrected chi connectivity index (χ1v) is 7.05. The van der Waals surface area contributed by atoms with Crippen LogP contribution in [0.4, 0.5) is 5.69 Å². The first kappa shape index (κ1) is 17.2. The SMILES string of the molecule is O=C(O)C(O)C(O)C(=O)O.[2H][C@@H]1C(C)c2c(N)cccc2C1(C)C. The van der Waals surface area contributed by atoms with E-state index in [0.29, 0.717) is 0 Å². The van der Waals surface area contributed by atoms with Crippen molar-refractivity contribution < 1.29 is 31.4 Å². The molecule has 0 bridgehead atoms. The second-order valence-electron chi connectivity index (χ2n) is 6.05. The molecule has 0 fully saturated rings. The third-order valence-corrected chi connectivity index (χ3v) is 3.76. The number of carbonyl (C=O) groups is 2. The molecule has 0 spiro atoms. The molecule has 1 aliphatic carbocycles. The summed E-state index contributed by atoms with van der Waals surface area (Å²) in [6.07, 6.45) is -4.61. The second-order valence-corrected chi connectivity index (χ2v) is 6.05. The molecule has 0 heterocycles. The summed E-state index contributed by atoms with van der Waals surface area (Å²) in [6, 6.07) is 6.03. The van der Waals surface area contributed by atoms with E-state index in [9.17, 15) is 9.59 Å². The van der Waals surface area contributed by atoms with Gasteiger partial charge in [0.2, 0.25) is 0 Å². The number of aliphatic hydroxyl groups excluding tert-OH is 2. The van der Waals surface area contributed by atoms with E-state index >= 15 is 0 Å². The number of fused-ring (bicyclic) bond motifs is 1. The van der Waals surface area contributed by atoms with E-state index < -0.39 is 24.1 Å². The number of anilines is 1. The number of aliphatic carboxylic acids is 2. The fourth-order valence-corrected chi connectivity index (χ4v) is 2.72. The smallest absolute Gasteiger partial charge is 0.335 e. The maximum Gasteiger partial charge on any atom is 0.335 e. The topological polar surface area (TPSA) is 141 Å². The Morgan fingerprint density at radius 1 is 1.26 bits per heavy atom. The van der Waals surface area contributed by atoms with Crippen LogP contribution in [0.5, 0.6) is 0 Å². The van der Waals surface area contributed by atoms with Gasteiger partial charge >= 0.3 is 11.9 Å². The first-order chi connectivity index (χ1) is 10.9. The minimum absolute atomic E-state index is 0.0653. The van der Waals surface area contributed by atoms with Crippen molar-refractivity contribution >= 4 is 17.6 Å². The molecule has 7 nitrogen and oxygen atoms in total. The maximum absolute atomic E-state index is 9.77. The van der Waals surface area contributed by atoms with Crippen LogP contribution in [-0.2, 0) is 15.0 Å². The van der Waals surface area contributed by atoms with Gasteiger partial charge in [-0.15, -0.1) is 0 Å². The molecule has 0 saturated heterocycles. The normalized spacial score (nSPS) is 24.5. The predicted octanol–water partition coefficient (Wildman–Crippen LogP) is 0.931. The summed E-state index contributed by atoms with van der Waals surface area (Å²) in [4.78, 5) is 19.5. The largest absolute Gasteiger partial charge is 0.479 e. The fourth-order valence-electron chi connectivity index (χ4n) is 2.72. The molecule has 0 radical (unpaired) electrons. The highest BCUT2D eigenvalue weighted by Crippen LogP contribution is 2.47. The number of nitrogens with two attached hydrogens (primary N) is 1. The van der Waals surface area contributed by atoms with Gasteiger partial charge in [0, 0.05) is 7.06 Å². The van der Waals surface area contributed by atoms with Crippen LogP contribution in [0.2, 0.25) is 0 Å². The Morgan fingerprint density at radius 2 is 1.74 bits per heavy atom. The van der Waals surface area contributed by atoms with E-state index in [-0.39, 0.29) is 17.7 Å². The molecule has 0 amide bonds. The lowest BCUT2D eigenvalue weighted by Crippen LogP contribution is -2.39. The average molecular weight is 326 g/mol. The lowest BCUT2D eigenvalue weighted by Gasteiger charge is -2.18. The van der Waals surface area contributed by atoms with Crippen molar-refractivity contribution in [2.75, 3.05) is 5.73 Å². The molecule has 6 N–H and O–H groups in total. The van der Waals surface area contributed by atoms with Gasteiger partial charge < -0.3 is 26.2 Å². The van der Waals surface area contributed by atoms with Crippen molar-refractivity contribution in [3.63, 3.8) is 0 Å². The van der Waals surface area contributed by atoms with Gasteiger partial charge in [-0.3, -0.25) is 0 Å². The van der Waals surface area contributed by atoms with E-state index in [1.807, 2.05) is 12.1 Å². The van der Waals surface area contributed by atoms with Crippen LogP contribution in [0, 0.1) is 0 Å². The van der Waals surface area contributed by atoms with Crippen LogP contribution in [0.1, 0.15) is 45.6 Å². The molecular formula is C16H23NO6. The Hall–Kier alpha value is -2.12. The van der Waals surface area contributed by atoms with Gasteiger partial charge in [0.1, 0.15) is 0 Å². The molecule has 4 atom stereocenters. The highest BCUT2D eigenvalue weighted by molar-refractivity contribution is 5.83. The van der Waals surface area contributed by atoms with E-state index in [1.165, 1.54) is 11.1 Å². The molecule has 1 aromatic rings. The Bertz CT molecular complexity index is 615. The van der Waals surface area contributed by atoms with Gasteiger partial charge in [0.05, 0.1) is 0 Å². The average Bonchev–Trinajstić information content (AvgIpc) is 2.68. The Balaban J connectivity index is 0.000000257. The number of rotatable bonds is 3. The third-order valence-electron chi connectivity index (χ3n) is 3.76. The number of hydrogen-bond donors (Lipinski definition) is 5. The van der Waals surface area contributed by atoms with Gasteiger partial charge in [0.15, 0.2) is 12.2 Å². The van der Waals surface area contributed by atoms with Crippen molar-refractivity contribution in [3.8, 4) is 0 Å². The van der Waals surface area contributed by atoms with Crippen LogP contribution < -0.4 is 5.73 Å². The van der Waals surface area contributed by atoms with Crippen LogP contribution >= 0.6 is 0 Å². The van der Waals surface area contributed by atoms with Crippen LogP contribution in [0.3, 0.4) is 0 Å². The molecule has 1 aromatic carbocycles. The Kier molecular flexibility index (Phi) is 5.23. The summed E-state index contributed by atoms with van der Waals surface area (Å²) >= 11 is 0. The molecule has 3 unspecified atom stereocenters. The van der Waals surface area contributed by atoms with E-state index in [0.717, 1.165) is 5.69 Å². The summed E-state index contributed by atoms with van der Waals surface area (Å²) in [6.45, 7) is 6.36. The Labute approximate surface area is 135 Å².